The van der Waals surface area contributed by atoms with E-state index in [-0.39, 0.29) is 28.5 Å². The molecule has 112 valence electrons. The summed E-state index contributed by atoms with van der Waals surface area (Å²) >= 11 is 0. The number of aryl methyl sites for hydroxylation is 2. The molecule has 0 bridgehead atoms. The van der Waals surface area contributed by atoms with Crippen LogP contribution in [0.2, 0.25) is 0 Å². The van der Waals surface area contributed by atoms with Crippen molar-refractivity contribution in [3.05, 3.63) is 29.2 Å². The molecule has 1 heterocycles. The molecule has 8 heteroatoms. The number of furan rings is 1. The Labute approximate surface area is 117 Å². The lowest BCUT2D eigenvalue weighted by Gasteiger charge is -2.06. The van der Waals surface area contributed by atoms with Gasteiger partial charge in [-0.15, -0.1) is 0 Å². The van der Waals surface area contributed by atoms with Crippen LogP contribution in [0.3, 0.4) is 0 Å². The van der Waals surface area contributed by atoms with Gasteiger partial charge in [-0.05, 0) is 13.8 Å². The molecule has 0 spiro atoms. The molecule has 7 nitrogen and oxygen atoms in total. The first-order valence-electron chi connectivity index (χ1n) is 5.88. The van der Waals surface area contributed by atoms with Gasteiger partial charge in [-0.2, -0.15) is 0 Å². The lowest BCUT2D eigenvalue weighted by atomic mass is 10.2. The van der Waals surface area contributed by atoms with E-state index < -0.39 is 16.0 Å². The number of hydrogen-bond acceptors (Lipinski definition) is 6. The largest absolute Gasteiger partial charge is 0.465 e. The summed E-state index contributed by atoms with van der Waals surface area (Å²) in [5.74, 6) is -0.414. The third kappa shape index (κ3) is 3.47. The van der Waals surface area contributed by atoms with Crippen molar-refractivity contribution in [3.8, 4) is 0 Å². The Balaban J connectivity index is 3.18. The standard InChI is InChI=1S/C12H18N2O5S/c1-8-10(12(15)18-3)11(9(2)19-8)20(16,17)14-7-5-4-6-13/h4-5,14H,6-7,13H2,1-3H3/b5-4+. The summed E-state index contributed by atoms with van der Waals surface area (Å²) in [5, 5.41) is 0. The number of sulfonamides is 1. The van der Waals surface area contributed by atoms with Crippen LogP contribution in [0, 0.1) is 13.8 Å². The average molecular weight is 302 g/mol. The number of carbonyl (C=O) groups is 1. The maximum absolute atomic E-state index is 12.2. The first-order valence-corrected chi connectivity index (χ1v) is 7.36. The Morgan fingerprint density at radius 3 is 2.55 bits per heavy atom. The Kier molecular flexibility index (Phi) is 5.49. The highest BCUT2D eigenvalue weighted by Crippen LogP contribution is 2.26. The molecular formula is C12H18N2O5S. The number of hydrogen-bond donors (Lipinski definition) is 2. The van der Waals surface area contributed by atoms with E-state index in [0.717, 1.165) is 0 Å². The third-order valence-electron chi connectivity index (χ3n) is 2.56. The normalized spacial score (nSPS) is 12.0. The second kappa shape index (κ2) is 6.69. The van der Waals surface area contributed by atoms with Crippen molar-refractivity contribution in [1.29, 1.82) is 0 Å². The minimum absolute atomic E-state index is 0.0732. The fraction of sp³-hybridized carbons (Fsp3) is 0.417. The fourth-order valence-corrected chi connectivity index (χ4v) is 3.11. The van der Waals surface area contributed by atoms with Crippen molar-refractivity contribution < 1.29 is 22.4 Å². The van der Waals surface area contributed by atoms with Crippen LogP contribution >= 0.6 is 0 Å². The van der Waals surface area contributed by atoms with Crippen molar-refractivity contribution in [2.24, 2.45) is 5.73 Å². The van der Waals surface area contributed by atoms with Crippen LogP contribution in [-0.4, -0.2) is 34.6 Å². The van der Waals surface area contributed by atoms with Gasteiger partial charge in [0.05, 0.1) is 7.11 Å². The highest BCUT2D eigenvalue weighted by atomic mass is 32.2. The van der Waals surface area contributed by atoms with Crippen LogP contribution in [0.4, 0.5) is 0 Å². The molecule has 1 rings (SSSR count). The number of rotatable bonds is 6. The predicted octanol–water partition coefficient (Wildman–Crippen LogP) is 0.476. The quantitative estimate of drug-likeness (QED) is 0.584. The molecule has 0 unspecified atom stereocenters. The van der Waals surface area contributed by atoms with Crippen molar-refractivity contribution in [2.45, 2.75) is 18.7 Å². The molecule has 0 atom stereocenters. The minimum Gasteiger partial charge on any atom is -0.465 e. The Morgan fingerprint density at radius 1 is 1.35 bits per heavy atom. The number of methoxy groups -OCH3 is 1. The molecule has 20 heavy (non-hydrogen) atoms. The molecule has 0 saturated heterocycles. The van der Waals surface area contributed by atoms with E-state index >= 15 is 0 Å². The van der Waals surface area contributed by atoms with Crippen LogP contribution in [0.5, 0.6) is 0 Å². The minimum atomic E-state index is -3.87. The molecule has 0 saturated carbocycles. The fourth-order valence-electron chi connectivity index (χ4n) is 1.73. The monoisotopic (exact) mass is 302 g/mol. The van der Waals surface area contributed by atoms with Gasteiger partial charge in [0.15, 0.2) is 0 Å². The number of carbonyl (C=O) groups excluding carboxylic acids is 1. The topological polar surface area (TPSA) is 112 Å². The first kappa shape index (κ1) is 16.4. The third-order valence-corrected chi connectivity index (χ3v) is 4.13. The van der Waals surface area contributed by atoms with Crippen molar-refractivity contribution >= 4 is 16.0 Å². The van der Waals surface area contributed by atoms with E-state index in [2.05, 4.69) is 9.46 Å². The van der Waals surface area contributed by atoms with Crippen LogP contribution in [0.1, 0.15) is 21.9 Å². The summed E-state index contributed by atoms with van der Waals surface area (Å²) in [7, 11) is -2.69. The number of nitrogens with one attached hydrogen (secondary N) is 1. The van der Waals surface area contributed by atoms with E-state index in [1.807, 2.05) is 0 Å². The van der Waals surface area contributed by atoms with Gasteiger partial charge in [0, 0.05) is 13.1 Å². The maximum Gasteiger partial charge on any atom is 0.342 e. The molecule has 0 aliphatic carbocycles. The van der Waals surface area contributed by atoms with Crippen molar-refractivity contribution in [2.75, 3.05) is 20.2 Å². The van der Waals surface area contributed by atoms with Gasteiger partial charge >= 0.3 is 5.97 Å². The molecule has 0 fully saturated rings. The lowest BCUT2D eigenvalue weighted by molar-refractivity contribution is 0.0595. The maximum atomic E-state index is 12.2. The summed E-state index contributed by atoms with van der Waals surface area (Å²) in [6, 6.07) is 0. The van der Waals surface area contributed by atoms with Gasteiger partial charge < -0.3 is 14.9 Å². The van der Waals surface area contributed by atoms with Gasteiger partial charge in [-0.25, -0.2) is 17.9 Å². The van der Waals surface area contributed by atoms with E-state index in [0.29, 0.717) is 6.54 Å². The van der Waals surface area contributed by atoms with Gasteiger partial charge in [0.2, 0.25) is 10.0 Å². The Hall–Kier alpha value is -1.64. The Bertz CT molecular complexity index is 616. The van der Waals surface area contributed by atoms with Crippen LogP contribution < -0.4 is 10.5 Å². The molecule has 1 aromatic rings. The zero-order valence-electron chi connectivity index (χ0n) is 11.6. The number of nitrogens with two attached hydrogens (primary N) is 1. The highest BCUT2D eigenvalue weighted by molar-refractivity contribution is 7.89. The SMILES string of the molecule is COC(=O)c1c(C)oc(C)c1S(=O)(=O)NC/C=C/CN. The second-order valence-corrected chi connectivity index (χ2v) is 5.67. The summed E-state index contributed by atoms with van der Waals surface area (Å²) in [6.45, 7) is 3.37. The summed E-state index contributed by atoms with van der Waals surface area (Å²) in [5.41, 5.74) is 5.18. The molecule has 0 aromatic carbocycles. The van der Waals surface area contributed by atoms with Crippen molar-refractivity contribution in [3.63, 3.8) is 0 Å². The lowest BCUT2D eigenvalue weighted by Crippen LogP contribution is -2.26. The second-order valence-electron chi connectivity index (χ2n) is 3.97. The first-order chi connectivity index (χ1) is 9.35. The van der Waals surface area contributed by atoms with Gasteiger partial charge in [0.25, 0.3) is 0 Å². The highest BCUT2D eigenvalue weighted by Gasteiger charge is 2.30. The zero-order valence-corrected chi connectivity index (χ0v) is 12.4. The molecule has 0 amide bonds. The smallest absolute Gasteiger partial charge is 0.342 e. The molecule has 3 N–H and O–H groups in total. The summed E-state index contributed by atoms with van der Waals surface area (Å²) < 4.78 is 36.6. The van der Waals surface area contributed by atoms with Crippen LogP contribution in [-0.2, 0) is 14.8 Å². The summed E-state index contributed by atoms with van der Waals surface area (Å²) in [4.78, 5) is 11.5. The van der Waals surface area contributed by atoms with Gasteiger partial charge in [-0.3, -0.25) is 0 Å². The van der Waals surface area contributed by atoms with Crippen LogP contribution in [0.15, 0.2) is 21.5 Å². The van der Waals surface area contributed by atoms with E-state index in [1.165, 1.54) is 21.0 Å². The van der Waals surface area contributed by atoms with Crippen LogP contribution in [0.25, 0.3) is 0 Å². The van der Waals surface area contributed by atoms with E-state index in [9.17, 15) is 13.2 Å². The van der Waals surface area contributed by atoms with E-state index in [4.69, 9.17) is 10.2 Å². The molecule has 0 radical (unpaired) electrons. The van der Waals surface area contributed by atoms with Gasteiger partial charge in [0.1, 0.15) is 22.0 Å². The Morgan fingerprint density at radius 2 is 2.00 bits per heavy atom. The molecular weight excluding hydrogens is 284 g/mol. The van der Waals surface area contributed by atoms with Crippen molar-refractivity contribution in [1.82, 2.24) is 4.72 Å². The summed E-state index contributed by atoms with van der Waals surface area (Å²) in [6.07, 6.45) is 3.20. The van der Waals surface area contributed by atoms with E-state index in [1.54, 1.807) is 12.2 Å². The number of esters is 1. The predicted molar refractivity (Wildman–Crippen MR) is 72.9 cm³/mol. The zero-order chi connectivity index (χ0) is 15.3. The molecule has 1 aromatic heterocycles. The molecule has 0 aliphatic heterocycles. The molecule has 0 aliphatic rings. The van der Waals surface area contributed by atoms with Gasteiger partial charge in [-0.1, -0.05) is 12.2 Å². The average Bonchev–Trinajstić information content (AvgIpc) is 2.69. The number of ether oxygens (including phenoxy) is 1.